The third kappa shape index (κ3) is 3.41. The number of carbonyl (C=O) groups is 1. The Morgan fingerprint density at radius 1 is 0.929 bits per heavy atom. The Balaban J connectivity index is 1.64. The second-order valence-electron chi connectivity index (χ2n) is 6.75. The number of fused-ring (bicyclic) bond motifs is 2. The number of rotatable bonds is 5. The fraction of sp³-hybridized carbons (Fsp3) is 0.167. The number of hydrogen-bond donors (Lipinski definition) is 1. The highest BCUT2D eigenvalue weighted by molar-refractivity contribution is 6.02. The standard InChI is InChI=1S/C24H23N3O/c1-3-27(4-2)24(28)17-9-11-20(12-10-17)26-22-13-14-25-23-16-19-8-6-5-7-18(19)15-21(22)23/h5-16H,3-4H2,1-2H3,(H,25,26). The summed E-state index contributed by atoms with van der Waals surface area (Å²) in [6, 6.07) is 22.2. The second kappa shape index (κ2) is 7.69. The average Bonchev–Trinajstić information content (AvgIpc) is 2.74. The van der Waals surface area contributed by atoms with Gasteiger partial charge in [-0.25, -0.2) is 0 Å². The highest BCUT2D eigenvalue weighted by Crippen LogP contribution is 2.29. The summed E-state index contributed by atoms with van der Waals surface area (Å²) >= 11 is 0. The normalized spacial score (nSPS) is 10.9. The van der Waals surface area contributed by atoms with E-state index in [0.29, 0.717) is 18.7 Å². The van der Waals surface area contributed by atoms with E-state index < -0.39 is 0 Å². The maximum Gasteiger partial charge on any atom is 0.253 e. The predicted molar refractivity (Wildman–Crippen MR) is 116 cm³/mol. The van der Waals surface area contributed by atoms with E-state index in [2.05, 4.69) is 34.6 Å². The molecule has 0 aliphatic rings. The quantitative estimate of drug-likeness (QED) is 0.465. The van der Waals surface area contributed by atoms with E-state index >= 15 is 0 Å². The summed E-state index contributed by atoms with van der Waals surface area (Å²) in [7, 11) is 0. The lowest BCUT2D eigenvalue weighted by Gasteiger charge is -2.18. The van der Waals surface area contributed by atoms with Crippen molar-refractivity contribution in [2.24, 2.45) is 0 Å². The third-order valence-electron chi connectivity index (χ3n) is 5.07. The molecule has 1 N–H and O–H groups in total. The molecule has 1 aromatic heterocycles. The van der Waals surface area contributed by atoms with Crippen LogP contribution in [-0.4, -0.2) is 28.9 Å². The predicted octanol–water partition coefficient (Wildman–Crippen LogP) is 5.61. The molecule has 0 aliphatic carbocycles. The Morgan fingerprint density at radius 3 is 2.29 bits per heavy atom. The van der Waals surface area contributed by atoms with Crippen LogP contribution < -0.4 is 5.32 Å². The van der Waals surface area contributed by atoms with Gasteiger partial charge in [-0.2, -0.15) is 0 Å². The van der Waals surface area contributed by atoms with Crippen molar-refractivity contribution in [1.29, 1.82) is 0 Å². The van der Waals surface area contributed by atoms with Gasteiger partial charge in [0, 0.05) is 41.6 Å². The van der Waals surface area contributed by atoms with Gasteiger partial charge < -0.3 is 10.2 Å². The first kappa shape index (κ1) is 18.0. The van der Waals surface area contributed by atoms with Gasteiger partial charge in [-0.15, -0.1) is 0 Å². The van der Waals surface area contributed by atoms with Crippen LogP contribution in [-0.2, 0) is 0 Å². The Labute approximate surface area is 164 Å². The van der Waals surface area contributed by atoms with Gasteiger partial charge in [-0.3, -0.25) is 9.78 Å². The van der Waals surface area contributed by atoms with Crippen molar-refractivity contribution in [3.05, 3.63) is 78.5 Å². The number of pyridine rings is 1. The van der Waals surface area contributed by atoms with E-state index in [-0.39, 0.29) is 5.91 Å². The maximum atomic E-state index is 12.5. The second-order valence-corrected chi connectivity index (χ2v) is 6.75. The Morgan fingerprint density at radius 2 is 1.61 bits per heavy atom. The van der Waals surface area contributed by atoms with Crippen molar-refractivity contribution in [1.82, 2.24) is 9.88 Å². The van der Waals surface area contributed by atoms with E-state index in [1.165, 1.54) is 10.8 Å². The third-order valence-corrected chi connectivity index (χ3v) is 5.07. The molecule has 0 saturated heterocycles. The minimum absolute atomic E-state index is 0.0670. The van der Waals surface area contributed by atoms with Crippen LogP contribution in [0.15, 0.2) is 72.9 Å². The molecule has 140 valence electrons. The summed E-state index contributed by atoms with van der Waals surface area (Å²) in [6.45, 7) is 5.42. The molecule has 4 rings (SSSR count). The molecule has 0 atom stereocenters. The topological polar surface area (TPSA) is 45.2 Å². The Bertz CT molecular complexity index is 1130. The average molecular weight is 369 g/mol. The van der Waals surface area contributed by atoms with Crippen LogP contribution in [0.3, 0.4) is 0 Å². The summed E-state index contributed by atoms with van der Waals surface area (Å²) in [6.07, 6.45) is 1.82. The molecule has 4 aromatic rings. The summed E-state index contributed by atoms with van der Waals surface area (Å²) in [4.78, 5) is 18.8. The minimum atomic E-state index is 0.0670. The molecule has 0 radical (unpaired) electrons. The van der Waals surface area contributed by atoms with E-state index in [1.807, 2.05) is 67.4 Å². The molecular weight excluding hydrogens is 346 g/mol. The summed E-state index contributed by atoms with van der Waals surface area (Å²) in [5.74, 6) is 0.0670. The number of amides is 1. The molecule has 3 aromatic carbocycles. The van der Waals surface area contributed by atoms with E-state index in [4.69, 9.17) is 0 Å². The molecule has 0 bridgehead atoms. The SMILES string of the molecule is CCN(CC)C(=O)c1ccc(Nc2ccnc3cc4ccccc4cc23)cc1. The van der Waals surface area contributed by atoms with Gasteiger partial charge in [0.25, 0.3) is 5.91 Å². The number of nitrogens with one attached hydrogen (secondary N) is 1. The zero-order valence-corrected chi connectivity index (χ0v) is 16.1. The van der Waals surface area contributed by atoms with Crippen LogP contribution in [0.4, 0.5) is 11.4 Å². The van der Waals surface area contributed by atoms with Crippen LogP contribution in [0.2, 0.25) is 0 Å². The van der Waals surface area contributed by atoms with Gasteiger partial charge in [0.1, 0.15) is 0 Å². The van der Waals surface area contributed by atoms with Crippen molar-refractivity contribution < 1.29 is 4.79 Å². The van der Waals surface area contributed by atoms with E-state index in [0.717, 1.165) is 22.3 Å². The van der Waals surface area contributed by atoms with Gasteiger partial charge >= 0.3 is 0 Å². The maximum absolute atomic E-state index is 12.5. The van der Waals surface area contributed by atoms with Gasteiger partial charge in [0.15, 0.2) is 0 Å². The first-order chi connectivity index (χ1) is 13.7. The number of anilines is 2. The Kier molecular flexibility index (Phi) is 4.94. The first-order valence-electron chi connectivity index (χ1n) is 9.63. The van der Waals surface area contributed by atoms with Crippen LogP contribution in [0.25, 0.3) is 21.7 Å². The van der Waals surface area contributed by atoms with Gasteiger partial charge in [-0.05, 0) is 67.1 Å². The number of benzene rings is 3. The molecule has 0 aliphatic heterocycles. The molecule has 1 amide bonds. The first-order valence-corrected chi connectivity index (χ1v) is 9.63. The zero-order valence-electron chi connectivity index (χ0n) is 16.1. The smallest absolute Gasteiger partial charge is 0.253 e. The minimum Gasteiger partial charge on any atom is -0.355 e. The Hall–Kier alpha value is -3.40. The monoisotopic (exact) mass is 369 g/mol. The highest BCUT2D eigenvalue weighted by atomic mass is 16.2. The molecule has 4 heteroatoms. The number of carbonyl (C=O) groups excluding carboxylic acids is 1. The lowest BCUT2D eigenvalue weighted by atomic mass is 10.1. The van der Waals surface area contributed by atoms with Crippen molar-refractivity contribution in [2.45, 2.75) is 13.8 Å². The molecule has 0 unspecified atom stereocenters. The lowest BCUT2D eigenvalue weighted by molar-refractivity contribution is 0.0773. The van der Waals surface area contributed by atoms with Crippen LogP contribution in [0.1, 0.15) is 24.2 Å². The molecular formula is C24H23N3O. The number of aromatic nitrogens is 1. The fourth-order valence-electron chi connectivity index (χ4n) is 3.49. The van der Waals surface area contributed by atoms with Crippen LogP contribution in [0.5, 0.6) is 0 Å². The summed E-state index contributed by atoms with van der Waals surface area (Å²) in [5, 5.41) is 6.91. The zero-order chi connectivity index (χ0) is 19.5. The van der Waals surface area contributed by atoms with E-state index in [1.54, 1.807) is 0 Å². The van der Waals surface area contributed by atoms with Crippen molar-refractivity contribution >= 4 is 39.0 Å². The molecule has 0 fully saturated rings. The molecule has 0 spiro atoms. The van der Waals surface area contributed by atoms with Crippen molar-refractivity contribution in [2.75, 3.05) is 18.4 Å². The highest BCUT2D eigenvalue weighted by Gasteiger charge is 2.12. The largest absolute Gasteiger partial charge is 0.355 e. The molecule has 28 heavy (non-hydrogen) atoms. The van der Waals surface area contributed by atoms with Crippen molar-refractivity contribution in [3.8, 4) is 0 Å². The van der Waals surface area contributed by atoms with Gasteiger partial charge in [0.2, 0.25) is 0 Å². The lowest BCUT2D eigenvalue weighted by Crippen LogP contribution is -2.30. The van der Waals surface area contributed by atoms with Crippen molar-refractivity contribution in [3.63, 3.8) is 0 Å². The fourth-order valence-corrected chi connectivity index (χ4v) is 3.49. The summed E-state index contributed by atoms with van der Waals surface area (Å²) in [5.41, 5.74) is 3.60. The number of nitrogens with zero attached hydrogens (tertiary/aromatic N) is 2. The van der Waals surface area contributed by atoms with Gasteiger partial charge in [0.05, 0.1) is 5.52 Å². The molecule has 1 heterocycles. The van der Waals surface area contributed by atoms with E-state index in [9.17, 15) is 4.79 Å². The van der Waals surface area contributed by atoms with Crippen LogP contribution in [0, 0.1) is 0 Å². The van der Waals surface area contributed by atoms with Crippen LogP contribution >= 0.6 is 0 Å². The summed E-state index contributed by atoms with van der Waals surface area (Å²) < 4.78 is 0. The molecule has 0 saturated carbocycles. The number of hydrogen-bond acceptors (Lipinski definition) is 3. The van der Waals surface area contributed by atoms with Gasteiger partial charge in [-0.1, -0.05) is 24.3 Å². The molecule has 4 nitrogen and oxygen atoms in total.